The van der Waals surface area contributed by atoms with Crippen LogP contribution in [0, 0.1) is 5.92 Å². The number of carboxylic acids is 1. The molecule has 0 radical (unpaired) electrons. The van der Waals surface area contributed by atoms with E-state index in [1.807, 2.05) is 11.9 Å². The summed E-state index contributed by atoms with van der Waals surface area (Å²) in [6, 6.07) is 9.51. The van der Waals surface area contributed by atoms with Gasteiger partial charge in [-0.2, -0.15) is 0 Å². The third kappa shape index (κ3) is 6.40. The molecule has 4 heteroatoms. The fourth-order valence-electron chi connectivity index (χ4n) is 3.93. The highest BCUT2D eigenvalue weighted by Crippen LogP contribution is 2.23. The highest BCUT2D eigenvalue weighted by Gasteiger charge is 2.24. The molecule has 1 heterocycles. The van der Waals surface area contributed by atoms with Crippen molar-refractivity contribution in [2.24, 2.45) is 5.92 Å². The van der Waals surface area contributed by atoms with Gasteiger partial charge in [-0.25, -0.2) is 0 Å². The van der Waals surface area contributed by atoms with E-state index in [9.17, 15) is 4.79 Å². The molecule has 1 aliphatic rings. The van der Waals surface area contributed by atoms with Gasteiger partial charge in [-0.3, -0.25) is 9.69 Å². The van der Waals surface area contributed by atoms with E-state index in [0.29, 0.717) is 12.0 Å². The standard InChI is InChI=1S/C22H36N2O2/c1-17(14-18-6-8-19(9-7-18)22(2,3)4)15-24-12-10-20(11-13-24)23(5)16-21(25)26/h6-9,17,20H,10-16H2,1-5H3,(H,25,26). The van der Waals surface area contributed by atoms with Crippen molar-refractivity contribution < 1.29 is 9.90 Å². The Hall–Kier alpha value is -1.39. The zero-order valence-electron chi connectivity index (χ0n) is 17.2. The number of aliphatic carboxylic acids is 1. The highest BCUT2D eigenvalue weighted by molar-refractivity contribution is 5.69. The highest BCUT2D eigenvalue weighted by atomic mass is 16.4. The first-order valence-corrected chi connectivity index (χ1v) is 9.89. The quantitative estimate of drug-likeness (QED) is 0.806. The van der Waals surface area contributed by atoms with Gasteiger partial charge in [-0.05, 0) is 61.9 Å². The molecule has 1 fully saturated rings. The van der Waals surface area contributed by atoms with E-state index in [2.05, 4.69) is 56.9 Å². The van der Waals surface area contributed by atoms with Crippen molar-refractivity contribution in [1.29, 1.82) is 0 Å². The van der Waals surface area contributed by atoms with Crippen molar-refractivity contribution in [2.45, 2.75) is 58.4 Å². The van der Waals surface area contributed by atoms with E-state index in [4.69, 9.17) is 5.11 Å². The number of benzene rings is 1. The Labute approximate surface area is 159 Å². The Morgan fingerprint density at radius 2 is 1.81 bits per heavy atom. The molecule has 0 amide bonds. The van der Waals surface area contributed by atoms with Gasteiger partial charge >= 0.3 is 5.97 Å². The SMILES string of the molecule is CC(Cc1ccc(C(C)(C)C)cc1)CN1CCC(N(C)CC(=O)O)CC1. The lowest BCUT2D eigenvalue weighted by Crippen LogP contribution is -2.45. The monoisotopic (exact) mass is 360 g/mol. The van der Waals surface area contributed by atoms with Crippen LogP contribution in [0.25, 0.3) is 0 Å². The van der Waals surface area contributed by atoms with E-state index in [1.54, 1.807) is 0 Å². The molecular formula is C22H36N2O2. The number of nitrogens with zero attached hydrogens (tertiary/aromatic N) is 2. The third-order valence-electron chi connectivity index (χ3n) is 5.54. The maximum Gasteiger partial charge on any atom is 0.317 e. The summed E-state index contributed by atoms with van der Waals surface area (Å²) in [6.07, 6.45) is 3.25. The Morgan fingerprint density at radius 1 is 1.23 bits per heavy atom. The topological polar surface area (TPSA) is 43.8 Å². The lowest BCUT2D eigenvalue weighted by Gasteiger charge is -2.37. The molecule has 146 valence electrons. The van der Waals surface area contributed by atoms with Gasteiger partial charge in [-0.1, -0.05) is 52.0 Å². The minimum Gasteiger partial charge on any atom is -0.480 e. The fraction of sp³-hybridized carbons (Fsp3) is 0.682. The van der Waals surface area contributed by atoms with Crippen LogP contribution in [0.3, 0.4) is 0 Å². The number of carbonyl (C=O) groups is 1. The zero-order valence-corrected chi connectivity index (χ0v) is 17.2. The Bertz CT molecular complexity index is 569. The van der Waals surface area contributed by atoms with Crippen molar-refractivity contribution in [3.05, 3.63) is 35.4 Å². The smallest absolute Gasteiger partial charge is 0.317 e. The van der Waals surface area contributed by atoms with Gasteiger partial charge in [0.1, 0.15) is 0 Å². The Kier molecular flexibility index (Phi) is 7.24. The predicted molar refractivity (Wildman–Crippen MR) is 108 cm³/mol. The average molecular weight is 361 g/mol. The van der Waals surface area contributed by atoms with Crippen LogP contribution in [0.5, 0.6) is 0 Å². The number of carboxylic acid groups (broad SMARTS) is 1. The van der Waals surface area contributed by atoms with Crippen LogP contribution in [0.2, 0.25) is 0 Å². The second-order valence-corrected chi connectivity index (χ2v) is 9.10. The number of hydrogen-bond acceptors (Lipinski definition) is 3. The molecule has 4 nitrogen and oxygen atoms in total. The van der Waals surface area contributed by atoms with E-state index in [0.717, 1.165) is 38.9 Å². The van der Waals surface area contributed by atoms with Crippen LogP contribution >= 0.6 is 0 Å². The predicted octanol–water partition coefficient (Wildman–Crippen LogP) is 3.64. The molecule has 0 spiro atoms. The normalized spacial score (nSPS) is 18.2. The van der Waals surface area contributed by atoms with Gasteiger partial charge in [0.15, 0.2) is 0 Å². The Balaban J connectivity index is 1.77. The fourth-order valence-corrected chi connectivity index (χ4v) is 3.93. The van der Waals surface area contributed by atoms with E-state index < -0.39 is 5.97 Å². The van der Waals surface area contributed by atoms with Gasteiger partial charge in [0.05, 0.1) is 6.54 Å². The largest absolute Gasteiger partial charge is 0.480 e. The van der Waals surface area contributed by atoms with Crippen molar-refractivity contribution in [1.82, 2.24) is 9.80 Å². The first-order valence-electron chi connectivity index (χ1n) is 9.89. The maximum absolute atomic E-state index is 10.9. The van der Waals surface area contributed by atoms with E-state index >= 15 is 0 Å². The first-order chi connectivity index (χ1) is 12.1. The molecule has 1 N–H and O–H groups in total. The molecule has 1 aliphatic heterocycles. The summed E-state index contributed by atoms with van der Waals surface area (Å²) in [5.41, 5.74) is 3.02. The van der Waals surface area contributed by atoms with Crippen LogP contribution in [-0.4, -0.2) is 60.1 Å². The molecule has 0 aromatic heterocycles. The molecule has 2 rings (SSSR count). The summed E-state index contributed by atoms with van der Waals surface area (Å²) in [4.78, 5) is 15.4. The summed E-state index contributed by atoms with van der Waals surface area (Å²) >= 11 is 0. The van der Waals surface area contributed by atoms with Crippen LogP contribution in [0.4, 0.5) is 0 Å². The van der Waals surface area contributed by atoms with Crippen LogP contribution in [-0.2, 0) is 16.6 Å². The van der Waals surface area contributed by atoms with Gasteiger partial charge < -0.3 is 10.0 Å². The number of rotatable bonds is 7. The van der Waals surface area contributed by atoms with E-state index in [1.165, 1.54) is 11.1 Å². The second-order valence-electron chi connectivity index (χ2n) is 9.10. The van der Waals surface area contributed by atoms with Crippen molar-refractivity contribution in [2.75, 3.05) is 33.2 Å². The molecule has 1 saturated heterocycles. The summed E-state index contributed by atoms with van der Waals surface area (Å²) in [6.45, 7) is 12.5. The van der Waals surface area contributed by atoms with Crippen LogP contribution in [0.15, 0.2) is 24.3 Å². The molecule has 1 unspecified atom stereocenters. The van der Waals surface area contributed by atoms with Crippen molar-refractivity contribution in [3.8, 4) is 0 Å². The van der Waals surface area contributed by atoms with E-state index in [-0.39, 0.29) is 12.0 Å². The molecule has 26 heavy (non-hydrogen) atoms. The number of likely N-dealkylation sites (tertiary alicyclic amines) is 1. The lowest BCUT2D eigenvalue weighted by atomic mass is 9.86. The third-order valence-corrected chi connectivity index (χ3v) is 5.54. The zero-order chi connectivity index (χ0) is 19.3. The van der Waals surface area contributed by atoms with Gasteiger partial charge in [0.25, 0.3) is 0 Å². The number of piperidine rings is 1. The average Bonchev–Trinajstić information content (AvgIpc) is 2.54. The molecule has 1 aromatic carbocycles. The van der Waals surface area contributed by atoms with Crippen LogP contribution < -0.4 is 0 Å². The van der Waals surface area contributed by atoms with Crippen molar-refractivity contribution >= 4 is 5.97 Å². The van der Waals surface area contributed by atoms with Gasteiger partial charge in [0, 0.05) is 12.6 Å². The summed E-state index contributed by atoms with van der Waals surface area (Å²) in [5, 5.41) is 8.94. The maximum atomic E-state index is 10.9. The molecule has 0 saturated carbocycles. The van der Waals surface area contributed by atoms with Gasteiger partial charge in [0.2, 0.25) is 0 Å². The van der Waals surface area contributed by atoms with Gasteiger partial charge in [-0.15, -0.1) is 0 Å². The van der Waals surface area contributed by atoms with Crippen molar-refractivity contribution in [3.63, 3.8) is 0 Å². The number of hydrogen-bond donors (Lipinski definition) is 1. The minimum atomic E-state index is -0.735. The Morgan fingerprint density at radius 3 is 2.31 bits per heavy atom. The molecule has 1 aromatic rings. The minimum absolute atomic E-state index is 0.144. The second kappa shape index (κ2) is 9.01. The molecule has 0 aliphatic carbocycles. The summed E-state index contributed by atoms with van der Waals surface area (Å²) in [5.74, 6) is -0.107. The first kappa shape index (κ1) is 20.9. The molecule has 0 bridgehead atoms. The molecular weight excluding hydrogens is 324 g/mol. The summed E-state index contributed by atoms with van der Waals surface area (Å²) < 4.78 is 0. The molecule has 1 atom stereocenters. The lowest BCUT2D eigenvalue weighted by molar-refractivity contribution is -0.138. The number of likely N-dealkylation sites (N-methyl/N-ethyl adjacent to an activating group) is 1. The summed E-state index contributed by atoms with van der Waals surface area (Å²) in [7, 11) is 1.93. The van der Waals surface area contributed by atoms with Crippen LogP contribution in [0.1, 0.15) is 51.7 Å².